The van der Waals surface area contributed by atoms with Crippen LogP contribution in [0.25, 0.3) is 10.9 Å². The van der Waals surface area contributed by atoms with Crippen molar-refractivity contribution in [2.45, 2.75) is 30.6 Å². The Balaban J connectivity index is 2.10. The van der Waals surface area contributed by atoms with Crippen LogP contribution >= 0.6 is 23.4 Å². The minimum absolute atomic E-state index is 0.766. The van der Waals surface area contributed by atoms with Gasteiger partial charge in [0.05, 0.1) is 0 Å². The Bertz CT molecular complexity index is 789. The number of aryl methyl sites for hydroxylation is 3. The third-order valence-electron chi connectivity index (χ3n) is 3.44. The summed E-state index contributed by atoms with van der Waals surface area (Å²) in [4.78, 5) is 6.01. The van der Waals surface area contributed by atoms with Gasteiger partial charge in [0, 0.05) is 31.4 Å². The van der Waals surface area contributed by atoms with E-state index < -0.39 is 0 Å². The SMILES string of the molecule is Cc1ccc(C)c(Sc2c(C)[nH]c3cc(Cl)ccc23)c1. The van der Waals surface area contributed by atoms with Crippen LogP contribution in [0.15, 0.2) is 46.2 Å². The molecule has 0 saturated heterocycles. The van der Waals surface area contributed by atoms with Crippen LogP contribution in [0.3, 0.4) is 0 Å². The van der Waals surface area contributed by atoms with Crippen LogP contribution in [-0.4, -0.2) is 4.98 Å². The van der Waals surface area contributed by atoms with Crippen LogP contribution in [0, 0.1) is 20.8 Å². The number of nitrogens with one attached hydrogen (secondary N) is 1. The predicted octanol–water partition coefficient (Wildman–Crippen LogP) is 5.90. The van der Waals surface area contributed by atoms with E-state index in [-0.39, 0.29) is 0 Å². The predicted molar refractivity (Wildman–Crippen MR) is 88.1 cm³/mol. The number of aromatic nitrogens is 1. The van der Waals surface area contributed by atoms with Gasteiger partial charge in [-0.15, -0.1) is 0 Å². The van der Waals surface area contributed by atoms with Crippen molar-refractivity contribution in [1.82, 2.24) is 4.98 Å². The lowest BCUT2D eigenvalue weighted by Gasteiger charge is -2.07. The van der Waals surface area contributed by atoms with Crippen molar-refractivity contribution in [3.63, 3.8) is 0 Å². The first kappa shape index (κ1) is 13.6. The van der Waals surface area contributed by atoms with Crippen LogP contribution < -0.4 is 0 Å². The summed E-state index contributed by atoms with van der Waals surface area (Å²) in [7, 11) is 0. The van der Waals surface area contributed by atoms with E-state index in [1.807, 2.05) is 23.9 Å². The molecular weight excluding hydrogens is 286 g/mol. The average Bonchev–Trinajstić information content (AvgIpc) is 2.69. The van der Waals surface area contributed by atoms with Crippen molar-refractivity contribution in [2.75, 3.05) is 0 Å². The Morgan fingerprint density at radius 1 is 1.00 bits per heavy atom. The molecule has 0 bridgehead atoms. The molecule has 1 nitrogen and oxygen atoms in total. The van der Waals surface area contributed by atoms with Crippen molar-refractivity contribution in [2.24, 2.45) is 0 Å². The minimum Gasteiger partial charge on any atom is -0.358 e. The number of fused-ring (bicyclic) bond motifs is 1. The lowest BCUT2D eigenvalue weighted by Crippen LogP contribution is -1.82. The zero-order valence-electron chi connectivity index (χ0n) is 11.8. The molecule has 3 rings (SSSR count). The first-order valence-electron chi connectivity index (χ1n) is 6.57. The molecule has 0 aliphatic carbocycles. The molecule has 0 amide bonds. The molecule has 0 radical (unpaired) electrons. The molecule has 1 aromatic heterocycles. The first-order chi connectivity index (χ1) is 9.54. The third-order valence-corrected chi connectivity index (χ3v) is 5.07. The van der Waals surface area contributed by atoms with Crippen molar-refractivity contribution in [1.29, 1.82) is 0 Å². The van der Waals surface area contributed by atoms with E-state index in [0.717, 1.165) is 10.5 Å². The van der Waals surface area contributed by atoms with Gasteiger partial charge >= 0.3 is 0 Å². The molecule has 3 heteroatoms. The maximum absolute atomic E-state index is 6.06. The summed E-state index contributed by atoms with van der Waals surface area (Å²) in [5.41, 5.74) is 4.89. The van der Waals surface area contributed by atoms with Gasteiger partial charge in [-0.3, -0.25) is 0 Å². The summed E-state index contributed by atoms with van der Waals surface area (Å²) in [6.07, 6.45) is 0. The summed E-state index contributed by atoms with van der Waals surface area (Å²) in [5.74, 6) is 0. The van der Waals surface area contributed by atoms with E-state index in [2.05, 4.69) is 50.0 Å². The molecule has 0 atom stereocenters. The highest BCUT2D eigenvalue weighted by atomic mass is 35.5. The molecule has 0 fully saturated rings. The van der Waals surface area contributed by atoms with E-state index in [1.165, 1.54) is 32.0 Å². The fraction of sp³-hybridized carbons (Fsp3) is 0.176. The van der Waals surface area contributed by atoms with Gasteiger partial charge < -0.3 is 4.98 Å². The quantitative estimate of drug-likeness (QED) is 0.623. The van der Waals surface area contributed by atoms with E-state index >= 15 is 0 Å². The highest BCUT2D eigenvalue weighted by Crippen LogP contribution is 2.38. The van der Waals surface area contributed by atoms with Gasteiger partial charge in [0.2, 0.25) is 0 Å². The lowest BCUT2D eigenvalue weighted by atomic mass is 10.2. The standard InChI is InChI=1S/C17H16ClNS/c1-10-4-5-11(2)16(8-10)20-17-12(3)19-15-9-13(18)6-7-14(15)17/h4-9,19H,1-3H3. The Morgan fingerprint density at radius 2 is 1.80 bits per heavy atom. The van der Waals surface area contributed by atoms with Crippen LogP contribution in [0.1, 0.15) is 16.8 Å². The number of halogens is 1. The van der Waals surface area contributed by atoms with Crippen LogP contribution in [0.5, 0.6) is 0 Å². The molecule has 2 aromatic carbocycles. The van der Waals surface area contributed by atoms with Crippen LogP contribution in [0.2, 0.25) is 5.02 Å². The second-order valence-electron chi connectivity index (χ2n) is 5.14. The van der Waals surface area contributed by atoms with Gasteiger partial charge in [-0.2, -0.15) is 0 Å². The van der Waals surface area contributed by atoms with E-state index in [0.29, 0.717) is 0 Å². The van der Waals surface area contributed by atoms with Gasteiger partial charge in [-0.1, -0.05) is 41.6 Å². The first-order valence-corrected chi connectivity index (χ1v) is 7.77. The molecule has 20 heavy (non-hydrogen) atoms. The normalized spacial score (nSPS) is 11.2. The molecule has 0 spiro atoms. The van der Waals surface area contributed by atoms with Crippen molar-refractivity contribution in [3.05, 3.63) is 58.2 Å². The monoisotopic (exact) mass is 301 g/mol. The maximum atomic E-state index is 6.06. The van der Waals surface area contributed by atoms with Gasteiger partial charge in [0.15, 0.2) is 0 Å². The molecule has 0 aliphatic heterocycles. The Labute approximate surface area is 128 Å². The Morgan fingerprint density at radius 3 is 2.60 bits per heavy atom. The maximum Gasteiger partial charge on any atom is 0.0482 e. The lowest BCUT2D eigenvalue weighted by molar-refractivity contribution is 1.21. The fourth-order valence-electron chi connectivity index (χ4n) is 2.34. The zero-order valence-corrected chi connectivity index (χ0v) is 13.3. The number of rotatable bonds is 2. The number of hydrogen-bond donors (Lipinski definition) is 1. The van der Waals surface area contributed by atoms with Crippen molar-refractivity contribution in [3.8, 4) is 0 Å². The zero-order chi connectivity index (χ0) is 14.3. The molecule has 3 aromatic rings. The summed E-state index contributed by atoms with van der Waals surface area (Å²) in [5, 5.41) is 2.00. The molecule has 0 unspecified atom stereocenters. The Hall–Kier alpha value is -1.38. The van der Waals surface area contributed by atoms with E-state index in [4.69, 9.17) is 11.6 Å². The van der Waals surface area contributed by atoms with Gasteiger partial charge in [0.25, 0.3) is 0 Å². The molecule has 1 heterocycles. The number of benzene rings is 2. The average molecular weight is 302 g/mol. The molecule has 1 N–H and O–H groups in total. The van der Waals surface area contributed by atoms with Crippen molar-refractivity contribution < 1.29 is 0 Å². The summed E-state index contributed by atoms with van der Waals surface area (Å²) < 4.78 is 0. The van der Waals surface area contributed by atoms with Gasteiger partial charge in [-0.05, 0) is 50.1 Å². The third kappa shape index (κ3) is 2.46. The number of H-pyrrole nitrogens is 1. The highest BCUT2D eigenvalue weighted by molar-refractivity contribution is 7.99. The minimum atomic E-state index is 0.766. The van der Waals surface area contributed by atoms with Crippen LogP contribution in [-0.2, 0) is 0 Å². The Kier molecular flexibility index (Phi) is 3.53. The number of aromatic amines is 1. The fourth-order valence-corrected chi connectivity index (χ4v) is 3.70. The summed E-state index contributed by atoms with van der Waals surface area (Å²) in [6.45, 7) is 6.40. The van der Waals surface area contributed by atoms with Gasteiger partial charge in [-0.25, -0.2) is 0 Å². The van der Waals surface area contributed by atoms with Crippen LogP contribution in [0.4, 0.5) is 0 Å². The highest BCUT2D eigenvalue weighted by Gasteiger charge is 2.11. The van der Waals surface area contributed by atoms with E-state index in [1.54, 1.807) is 0 Å². The smallest absolute Gasteiger partial charge is 0.0482 e. The number of hydrogen-bond acceptors (Lipinski definition) is 1. The second kappa shape index (κ2) is 5.19. The summed E-state index contributed by atoms with van der Waals surface area (Å²) in [6, 6.07) is 12.6. The molecule has 102 valence electrons. The molecule has 0 saturated carbocycles. The summed E-state index contributed by atoms with van der Waals surface area (Å²) >= 11 is 7.88. The topological polar surface area (TPSA) is 15.8 Å². The van der Waals surface area contributed by atoms with E-state index in [9.17, 15) is 0 Å². The molecular formula is C17H16ClNS. The second-order valence-corrected chi connectivity index (χ2v) is 6.63. The molecule has 0 aliphatic rings. The van der Waals surface area contributed by atoms with Gasteiger partial charge in [0.1, 0.15) is 0 Å². The largest absolute Gasteiger partial charge is 0.358 e. The van der Waals surface area contributed by atoms with Crippen molar-refractivity contribution >= 4 is 34.3 Å².